The number of rotatable bonds is 0. The second kappa shape index (κ2) is 3.20. The number of ketones is 1. The van der Waals surface area contributed by atoms with E-state index in [0.29, 0.717) is 12.0 Å². The predicted molar refractivity (Wildman–Crippen MR) is 53.1 cm³/mol. The highest BCUT2D eigenvalue weighted by Gasteiger charge is 2.24. The topological polar surface area (TPSA) is 51.2 Å². The molecule has 2 rings (SSSR count). The van der Waals surface area contributed by atoms with Crippen molar-refractivity contribution in [2.75, 3.05) is 11.5 Å². The standard InChI is InChI=1S/C10H10O3S/c11-10-7-14(12,13)6-5-8-3-1-2-4-9(8)10/h1-4H,5-7H2. The van der Waals surface area contributed by atoms with E-state index in [1.54, 1.807) is 12.1 Å². The molecule has 3 nitrogen and oxygen atoms in total. The van der Waals surface area contributed by atoms with Gasteiger partial charge < -0.3 is 0 Å². The number of sulfone groups is 1. The van der Waals surface area contributed by atoms with Gasteiger partial charge in [0.2, 0.25) is 0 Å². The quantitative estimate of drug-likeness (QED) is 0.637. The van der Waals surface area contributed by atoms with Gasteiger partial charge in [-0.2, -0.15) is 0 Å². The number of Topliss-reactive ketones (excluding diaryl/α,β-unsaturated/α-hetero) is 1. The van der Waals surface area contributed by atoms with Gasteiger partial charge in [0.1, 0.15) is 5.75 Å². The summed E-state index contributed by atoms with van der Waals surface area (Å²) in [7, 11) is -3.19. The SMILES string of the molecule is O=C1CS(=O)(=O)CCc2ccccc21. The lowest BCUT2D eigenvalue weighted by Gasteiger charge is -2.00. The lowest BCUT2D eigenvalue weighted by Crippen LogP contribution is -2.15. The van der Waals surface area contributed by atoms with E-state index in [9.17, 15) is 13.2 Å². The summed E-state index contributed by atoms with van der Waals surface area (Å²) in [5.74, 6) is -0.544. The molecule has 74 valence electrons. The summed E-state index contributed by atoms with van der Waals surface area (Å²) in [6.45, 7) is 0. The molecule has 0 saturated carbocycles. The Hall–Kier alpha value is -1.16. The summed E-state index contributed by atoms with van der Waals surface area (Å²) in [5.41, 5.74) is 1.41. The monoisotopic (exact) mass is 210 g/mol. The number of aryl methyl sites for hydroxylation is 1. The van der Waals surface area contributed by atoms with Gasteiger partial charge in [0.05, 0.1) is 5.75 Å². The first-order valence-corrected chi connectivity index (χ1v) is 6.22. The van der Waals surface area contributed by atoms with Crippen molar-refractivity contribution in [3.05, 3.63) is 35.4 Å². The van der Waals surface area contributed by atoms with Crippen LogP contribution in [0.4, 0.5) is 0 Å². The highest BCUT2D eigenvalue weighted by Crippen LogP contribution is 2.16. The largest absolute Gasteiger partial charge is 0.293 e. The third-order valence-corrected chi connectivity index (χ3v) is 3.88. The van der Waals surface area contributed by atoms with Gasteiger partial charge in [0, 0.05) is 5.56 Å². The number of carbonyl (C=O) groups is 1. The van der Waals surface area contributed by atoms with Crippen molar-refractivity contribution < 1.29 is 13.2 Å². The van der Waals surface area contributed by atoms with Gasteiger partial charge in [0.15, 0.2) is 15.6 Å². The van der Waals surface area contributed by atoms with Crippen molar-refractivity contribution in [3.63, 3.8) is 0 Å². The highest BCUT2D eigenvalue weighted by molar-refractivity contribution is 7.92. The van der Waals surface area contributed by atoms with Crippen molar-refractivity contribution in [2.45, 2.75) is 6.42 Å². The van der Waals surface area contributed by atoms with Crippen LogP contribution in [-0.4, -0.2) is 25.7 Å². The zero-order valence-corrected chi connectivity index (χ0v) is 8.38. The Morgan fingerprint density at radius 1 is 1.14 bits per heavy atom. The molecule has 0 amide bonds. The summed E-state index contributed by atoms with van der Waals surface area (Å²) in [6.07, 6.45) is 0.449. The minimum atomic E-state index is -3.19. The van der Waals surface area contributed by atoms with Gasteiger partial charge in [-0.05, 0) is 12.0 Å². The Bertz CT molecular complexity index is 474. The van der Waals surface area contributed by atoms with E-state index in [1.165, 1.54) is 0 Å². The summed E-state index contributed by atoms with van der Waals surface area (Å²) in [6, 6.07) is 7.09. The van der Waals surface area contributed by atoms with Gasteiger partial charge >= 0.3 is 0 Å². The summed E-state index contributed by atoms with van der Waals surface area (Å²) < 4.78 is 22.7. The molecular formula is C10H10O3S. The number of hydrogen-bond donors (Lipinski definition) is 0. The Morgan fingerprint density at radius 3 is 2.64 bits per heavy atom. The Balaban J connectivity index is 2.51. The molecule has 0 bridgehead atoms. The van der Waals surface area contributed by atoms with E-state index in [2.05, 4.69) is 0 Å². The third kappa shape index (κ3) is 1.70. The van der Waals surface area contributed by atoms with Crippen LogP contribution in [-0.2, 0) is 16.3 Å². The molecule has 14 heavy (non-hydrogen) atoms. The van der Waals surface area contributed by atoms with Gasteiger partial charge in [-0.15, -0.1) is 0 Å². The first-order chi connectivity index (χ1) is 6.58. The molecule has 0 aliphatic carbocycles. The number of carbonyl (C=O) groups excluding carboxylic acids is 1. The molecule has 1 aliphatic heterocycles. The zero-order chi connectivity index (χ0) is 10.2. The molecule has 0 spiro atoms. The fraction of sp³-hybridized carbons (Fsp3) is 0.300. The van der Waals surface area contributed by atoms with E-state index in [0.717, 1.165) is 5.56 Å². The van der Waals surface area contributed by atoms with E-state index in [-0.39, 0.29) is 17.3 Å². The minimum Gasteiger partial charge on any atom is -0.293 e. The van der Waals surface area contributed by atoms with Crippen LogP contribution in [0, 0.1) is 0 Å². The van der Waals surface area contributed by atoms with Crippen molar-refractivity contribution in [1.29, 1.82) is 0 Å². The Kier molecular flexibility index (Phi) is 2.15. The molecule has 0 radical (unpaired) electrons. The second-order valence-electron chi connectivity index (χ2n) is 3.42. The fourth-order valence-corrected chi connectivity index (χ4v) is 2.86. The fourth-order valence-electron chi connectivity index (χ4n) is 1.63. The summed E-state index contributed by atoms with van der Waals surface area (Å²) in [4.78, 5) is 11.5. The van der Waals surface area contributed by atoms with Gasteiger partial charge in [-0.25, -0.2) is 8.42 Å². The molecule has 1 heterocycles. The first-order valence-electron chi connectivity index (χ1n) is 4.40. The molecule has 0 fully saturated rings. The molecule has 0 unspecified atom stereocenters. The molecular weight excluding hydrogens is 200 g/mol. The number of hydrogen-bond acceptors (Lipinski definition) is 3. The molecule has 0 atom stereocenters. The van der Waals surface area contributed by atoms with Crippen molar-refractivity contribution >= 4 is 15.6 Å². The normalized spacial score (nSPS) is 19.9. The van der Waals surface area contributed by atoms with E-state index in [1.807, 2.05) is 12.1 Å². The van der Waals surface area contributed by atoms with Crippen LogP contribution >= 0.6 is 0 Å². The van der Waals surface area contributed by atoms with Gasteiger partial charge in [-0.3, -0.25) is 4.79 Å². The molecule has 0 aromatic heterocycles. The number of benzene rings is 1. The maximum atomic E-state index is 11.5. The van der Waals surface area contributed by atoms with Gasteiger partial charge in [0.25, 0.3) is 0 Å². The summed E-state index contributed by atoms with van der Waals surface area (Å²) >= 11 is 0. The highest BCUT2D eigenvalue weighted by atomic mass is 32.2. The Labute approximate surface area is 82.7 Å². The van der Waals surface area contributed by atoms with Crippen molar-refractivity contribution in [3.8, 4) is 0 Å². The number of fused-ring (bicyclic) bond motifs is 1. The Morgan fingerprint density at radius 2 is 1.86 bits per heavy atom. The lowest BCUT2D eigenvalue weighted by molar-refractivity contribution is 0.102. The molecule has 0 saturated heterocycles. The second-order valence-corrected chi connectivity index (χ2v) is 5.61. The average Bonchev–Trinajstić information content (AvgIpc) is 2.24. The molecule has 0 N–H and O–H groups in total. The molecule has 4 heteroatoms. The maximum absolute atomic E-state index is 11.5. The van der Waals surface area contributed by atoms with E-state index >= 15 is 0 Å². The van der Waals surface area contributed by atoms with Crippen LogP contribution in [0.15, 0.2) is 24.3 Å². The van der Waals surface area contributed by atoms with Crippen LogP contribution in [0.1, 0.15) is 15.9 Å². The van der Waals surface area contributed by atoms with Crippen molar-refractivity contribution in [2.24, 2.45) is 0 Å². The van der Waals surface area contributed by atoms with E-state index < -0.39 is 9.84 Å². The maximum Gasteiger partial charge on any atom is 0.178 e. The summed E-state index contributed by atoms with van der Waals surface area (Å²) in [5, 5.41) is 0. The smallest absolute Gasteiger partial charge is 0.178 e. The van der Waals surface area contributed by atoms with Gasteiger partial charge in [-0.1, -0.05) is 24.3 Å². The predicted octanol–water partition coefficient (Wildman–Crippen LogP) is 0.840. The van der Waals surface area contributed by atoms with Crippen LogP contribution in [0.2, 0.25) is 0 Å². The van der Waals surface area contributed by atoms with Crippen molar-refractivity contribution in [1.82, 2.24) is 0 Å². The zero-order valence-electron chi connectivity index (χ0n) is 7.56. The molecule has 1 aromatic rings. The van der Waals surface area contributed by atoms with Crippen LogP contribution in [0.5, 0.6) is 0 Å². The minimum absolute atomic E-state index is 0.0791. The molecule has 1 aromatic carbocycles. The van der Waals surface area contributed by atoms with Crippen LogP contribution in [0.3, 0.4) is 0 Å². The average molecular weight is 210 g/mol. The van der Waals surface area contributed by atoms with Crippen LogP contribution in [0.25, 0.3) is 0 Å². The third-order valence-electron chi connectivity index (χ3n) is 2.35. The molecule has 1 aliphatic rings. The lowest BCUT2D eigenvalue weighted by atomic mass is 10.0. The van der Waals surface area contributed by atoms with E-state index in [4.69, 9.17) is 0 Å². The van der Waals surface area contributed by atoms with Crippen LogP contribution < -0.4 is 0 Å². The first kappa shape index (κ1) is 9.40.